The molecule has 8 heteroatoms. The molecule has 2 aromatic heterocycles. The number of rotatable bonds is 1. The van der Waals surface area contributed by atoms with Gasteiger partial charge in [-0.2, -0.15) is 13.2 Å². The Balaban J connectivity index is 1.89. The van der Waals surface area contributed by atoms with Crippen LogP contribution in [0.3, 0.4) is 0 Å². The molecule has 2 aromatic rings. The predicted octanol–water partition coefficient (Wildman–Crippen LogP) is 3.50. The first-order valence-corrected chi connectivity index (χ1v) is 6.70. The van der Waals surface area contributed by atoms with E-state index in [1.54, 1.807) is 12.1 Å². The molecule has 0 bridgehead atoms. The van der Waals surface area contributed by atoms with E-state index in [-0.39, 0.29) is 23.0 Å². The molecule has 0 saturated heterocycles. The van der Waals surface area contributed by atoms with Gasteiger partial charge < -0.3 is 5.11 Å². The quantitative estimate of drug-likeness (QED) is 0.820. The molecule has 1 aliphatic rings. The maximum absolute atomic E-state index is 12.5. The normalized spacial score (nSPS) is 27.5. The summed E-state index contributed by atoms with van der Waals surface area (Å²) >= 11 is 6.81. The Morgan fingerprint density at radius 3 is 2.63 bits per heavy atom. The monoisotopic (exact) mass is 308 g/mol. The third-order valence-electron chi connectivity index (χ3n) is 3.25. The minimum Gasteiger partial charge on any atom is -0.383 e. The first kappa shape index (κ1) is 13.1. The maximum atomic E-state index is 12.5. The van der Waals surface area contributed by atoms with Crippen LogP contribution in [0.1, 0.15) is 17.8 Å². The molecule has 0 spiro atoms. The van der Waals surface area contributed by atoms with Crippen LogP contribution < -0.4 is 0 Å². The molecule has 19 heavy (non-hydrogen) atoms. The largest absolute Gasteiger partial charge is 0.392 e. The molecule has 2 heterocycles. The summed E-state index contributed by atoms with van der Waals surface area (Å²) in [6.07, 6.45) is -4.95. The van der Waals surface area contributed by atoms with Gasteiger partial charge in [0.05, 0.1) is 5.92 Å². The van der Waals surface area contributed by atoms with Gasteiger partial charge in [0, 0.05) is 0 Å². The predicted molar refractivity (Wildman–Crippen MR) is 65.1 cm³/mol. The van der Waals surface area contributed by atoms with Crippen molar-refractivity contribution >= 4 is 33.3 Å². The number of halogens is 4. The zero-order valence-electron chi connectivity index (χ0n) is 9.41. The van der Waals surface area contributed by atoms with Crippen LogP contribution in [0.5, 0.6) is 0 Å². The number of pyridine rings is 1. The van der Waals surface area contributed by atoms with Crippen molar-refractivity contribution in [2.24, 2.45) is 5.92 Å². The van der Waals surface area contributed by atoms with Crippen molar-refractivity contribution in [3.63, 3.8) is 0 Å². The molecule has 3 rings (SSSR count). The fourth-order valence-electron chi connectivity index (χ4n) is 2.16. The van der Waals surface area contributed by atoms with Crippen molar-refractivity contribution < 1.29 is 18.3 Å². The number of thiazole rings is 1. The van der Waals surface area contributed by atoms with E-state index in [1.807, 2.05) is 0 Å². The summed E-state index contributed by atoms with van der Waals surface area (Å²) in [5.41, 5.74) is -0.953. The molecule has 1 saturated carbocycles. The number of hydrogen-bond donors (Lipinski definition) is 1. The number of fused-ring (bicyclic) bond motifs is 1. The Hall–Kier alpha value is -0.920. The van der Waals surface area contributed by atoms with Gasteiger partial charge in [-0.3, -0.25) is 0 Å². The molecule has 102 valence electrons. The molecule has 0 radical (unpaired) electrons. The Morgan fingerprint density at radius 1 is 1.32 bits per heavy atom. The van der Waals surface area contributed by atoms with Crippen LogP contribution in [0.25, 0.3) is 10.3 Å². The highest BCUT2D eigenvalue weighted by molar-refractivity contribution is 7.18. The van der Waals surface area contributed by atoms with Gasteiger partial charge in [0.15, 0.2) is 0 Å². The molecule has 0 unspecified atom stereocenters. The van der Waals surface area contributed by atoms with Gasteiger partial charge in [0.25, 0.3) is 0 Å². The molecule has 0 atom stereocenters. The van der Waals surface area contributed by atoms with Crippen molar-refractivity contribution in [1.82, 2.24) is 9.97 Å². The summed E-state index contributed by atoms with van der Waals surface area (Å²) in [7, 11) is 0. The van der Waals surface area contributed by atoms with Crippen LogP contribution in [0.2, 0.25) is 5.15 Å². The van der Waals surface area contributed by atoms with Crippen LogP contribution in [-0.2, 0) is 5.60 Å². The maximum Gasteiger partial charge on any atom is 0.392 e. The Morgan fingerprint density at radius 2 is 2.00 bits per heavy atom. The van der Waals surface area contributed by atoms with E-state index in [0.717, 1.165) is 11.3 Å². The summed E-state index contributed by atoms with van der Waals surface area (Å²) in [5, 5.41) is 10.7. The number of nitrogens with zero attached hydrogens (tertiary/aromatic N) is 2. The van der Waals surface area contributed by atoms with E-state index in [4.69, 9.17) is 11.6 Å². The van der Waals surface area contributed by atoms with E-state index in [1.165, 1.54) is 0 Å². The molecule has 1 aliphatic carbocycles. The molecular weight excluding hydrogens is 301 g/mol. The highest BCUT2D eigenvalue weighted by Gasteiger charge is 2.57. The highest BCUT2D eigenvalue weighted by Crippen LogP contribution is 2.53. The lowest BCUT2D eigenvalue weighted by Gasteiger charge is -2.42. The summed E-state index contributed by atoms with van der Waals surface area (Å²) in [4.78, 5) is 8.69. The van der Waals surface area contributed by atoms with Crippen molar-refractivity contribution in [3.8, 4) is 0 Å². The van der Waals surface area contributed by atoms with E-state index in [0.29, 0.717) is 10.3 Å². The Labute approximate surface area is 115 Å². The standard InChI is InChI=1S/C11H8ClF3N2OS/c12-7-2-1-6-8(17-7)19-9(16-6)10(18)3-5(4-10)11(13,14)15/h1-2,5,18H,3-4H2. The van der Waals surface area contributed by atoms with Gasteiger partial charge in [-0.05, 0) is 25.0 Å². The highest BCUT2D eigenvalue weighted by atomic mass is 35.5. The lowest BCUT2D eigenvalue weighted by molar-refractivity contribution is -0.242. The average molecular weight is 309 g/mol. The topological polar surface area (TPSA) is 46.0 Å². The van der Waals surface area contributed by atoms with Crippen LogP contribution in [0.4, 0.5) is 13.2 Å². The second kappa shape index (κ2) is 4.04. The molecule has 0 amide bonds. The Kier molecular flexibility index (Phi) is 2.78. The molecule has 0 aliphatic heterocycles. The zero-order chi connectivity index (χ0) is 13.8. The summed E-state index contributed by atoms with van der Waals surface area (Å²) in [5.74, 6) is -1.46. The number of aliphatic hydroxyl groups is 1. The molecule has 1 fully saturated rings. The van der Waals surface area contributed by atoms with Crippen molar-refractivity contribution in [3.05, 3.63) is 22.3 Å². The summed E-state index contributed by atoms with van der Waals surface area (Å²) in [6.45, 7) is 0. The van der Waals surface area contributed by atoms with Crippen molar-refractivity contribution in [1.29, 1.82) is 0 Å². The number of aromatic nitrogens is 2. The molecule has 1 N–H and O–H groups in total. The van der Waals surface area contributed by atoms with E-state index < -0.39 is 17.7 Å². The molecule has 0 aromatic carbocycles. The Bertz CT molecular complexity index is 636. The fraction of sp³-hybridized carbons (Fsp3) is 0.455. The number of alkyl halides is 3. The van der Waals surface area contributed by atoms with Crippen molar-refractivity contribution in [2.45, 2.75) is 24.6 Å². The van der Waals surface area contributed by atoms with Crippen LogP contribution in [0.15, 0.2) is 12.1 Å². The molecule has 3 nitrogen and oxygen atoms in total. The lowest BCUT2D eigenvalue weighted by atomic mass is 9.71. The fourth-order valence-corrected chi connectivity index (χ4v) is 3.40. The van der Waals surface area contributed by atoms with Gasteiger partial charge >= 0.3 is 6.18 Å². The van der Waals surface area contributed by atoms with Crippen molar-refractivity contribution in [2.75, 3.05) is 0 Å². The van der Waals surface area contributed by atoms with Crippen LogP contribution >= 0.6 is 22.9 Å². The minimum absolute atomic E-state index is 0.276. The van der Waals surface area contributed by atoms with Gasteiger partial charge in [0.1, 0.15) is 26.1 Å². The molecular formula is C11H8ClF3N2OS. The van der Waals surface area contributed by atoms with Gasteiger partial charge in [-0.25, -0.2) is 9.97 Å². The van der Waals surface area contributed by atoms with Crippen LogP contribution in [-0.4, -0.2) is 21.3 Å². The summed E-state index contributed by atoms with van der Waals surface area (Å²) in [6, 6.07) is 3.19. The smallest absolute Gasteiger partial charge is 0.383 e. The SMILES string of the molecule is OC1(c2nc3ccc(Cl)nc3s2)CC(C(F)(F)F)C1. The first-order valence-electron chi connectivity index (χ1n) is 5.51. The van der Waals surface area contributed by atoms with E-state index in [2.05, 4.69) is 9.97 Å². The lowest BCUT2D eigenvalue weighted by Crippen LogP contribution is -2.47. The zero-order valence-corrected chi connectivity index (χ0v) is 11.0. The van der Waals surface area contributed by atoms with Gasteiger partial charge in [-0.1, -0.05) is 22.9 Å². The van der Waals surface area contributed by atoms with Gasteiger partial charge in [-0.15, -0.1) is 0 Å². The minimum atomic E-state index is -4.26. The van der Waals surface area contributed by atoms with Gasteiger partial charge in [0.2, 0.25) is 0 Å². The second-order valence-corrected chi connectivity index (χ2v) is 6.02. The third-order valence-corrected chi connectivity index (χ3v) is 4.62. The van der Waals surface area contributed by atoms with E-state index >= 15 is 0 Å². The second-order valence-electron chi connectivity index (χ2n) is 4.66. The average Bonchev–Trinajstić information content (AvgIpc) is 2.66. The third kappa shape index (κ3) is 2.19. The summed E-state index contributed by atoms with van der Waals surface area (Å²) < 4.78 is 37.4. The first-order chi connectivity index (χ1) is 8.78. The van der Waals surface area contributed by atoms with E-state index in [9.17, 15) is 18.3 Å². The van der Waals surface area contributed by atoms with Crippen LogP contribution in [0, 0.1) is 5.92 Å². The number of hydrogen-bond acceptors (Lipinski definition) is 4.